The maximum Gasteiger partial charge on any atom is 0.268 e. The SMILES string of the molecule is O=C(NC1(c2ncccn2)CC1)c1cc2cc(Cl)ccc2[nH]1. The van der Waals surface area contributed by atoms with Crippen molar-refractivity contribution in [2.45, 2.75) is 18.4 Å². The minimum atomic E-state index is -0.423. The molecule has 1 aliphatic carbocycles. The van der Waals surface area contributed by atoms with E-state index >= 15 is 0 Å². The Kier molecular flexibility index (Phi) is 2.90. The van der Waals surface area contributed by atoms with Crippen molar-refractivity contribution in [2.24, 2.45) is 0 Å². The molecule has 0 bridgehead atoms. The molecule has 0 atom stereocenters. The van der Waals surface area contributed by atoms with Crippen molar-refractivity contribution in [1.29, 1.82) is 0 Å². The normalized spacial score (nSPS) is 15.7. The number of aromatic amines is 1. The Labute approximate surface area is 131 Å². The Morgan fingerprint density at radius 2 is 2.00 bits per heavy atom. The van der Waals surface area contributed by atoms with Gasteiger partial charge in [0, 0.05) is 28.3 Å². The van der Waals surface area contributed by atoms with Gasteiger partial charge in [0.25, 0.3) is 5.91 Å². The largest absolute Gasteiger partial charge is 0.351 e. The van der Waals surface area contributed by atoms with Crippen molar-refractivity contribution in [3.8, 4) is 0 Å². The minimum absolute atomic E-state index is 0.155. The number of fused-ring (bicyclic) bond motifs is 1. The highest BCUT2D eigenvalue weighted by Gasteiger charge is 2.48. The summed E-state index contributed by atoms with van der Waals surface area (Å²) in [5.41, 5.74) is 0.975. The number of hydrogen-bond donors (Lipinski definition) is 2. The molecule has 1 fully saturated rings. The molecule has 3 aromatic rings. The summed E-state index contributed by atoms with van der Waals surface area (Å²) in [4.78, 5) is 24.1. The van der Waals surface area contributed by atoms with E-state index < -0.39 is 5.54 Å². The number of nitrogens with zero attached hydrogens (tertiary/aromatic N) is 2. The summed E-state index contributed by atoms with van der Waals surface area (Å²) in [6.45, 7) is 0. The fourth-order valence-electron chi connectivity index (χ4n) is 2.59. The zero-order valence-electron chi connectivity index (χ0n) is 11.6. The number of benzene rings is 1. The highest BCUT2D eigenvalue weighted by Crippen LogP contribution is 2.43. The second-order valence-electron chi connectivity index (χ2n) is 5.52. The Bertz CT molecular complexity index is 855. The molecule has 6 heteroatoms. The third-order valence-corrected chi connectivity index (χ3v) is 4.16. The van der Waals surface area contributed by atoms with Gasteiger partial charge in [-0.3, -0.25) is 4.79 Å². The van der Waals surface area contributed by atoms with Crippen LogP contribution in [0.25, 0.3) is 10.9 Å². The van der Waals surface area contributed by atoms with Crippen LogP contribution in [-0.4, -0.2) is 20.9 Å². The number of nitrogens with one attached hydrogen (secondary N) is 2. The molecule has 5 nitrogen and oxygen atoms in total. The van der Waals surface area contributed by atoms with Crippen LogP contribution in [0.2, 0.25) is 5.02 Å². The van der Waals surface area contributed by atoms with Gasteiger partial charge in [-0.1, -0.05) is 11.6 Å². The second kappa shape index (κ2) is 4.81. The van der Waals surface area contributed by atoms with Gasteiger partial charge in [-0.25, -0.2) is 9.97 Å². The third-order valence-electron chi connectivity index (χ3n) is 3.92. The van der Waals surface area contributed by atoms with Crippen molar-refractivity contribution >= 4 is 28.4 Å². The van der Waals surface area contributed by atoms with E-state index in [-0.39, 0.29) is 5.91 Å². The summed E-state index contributed by atoms with van der Waals surface area (Å²) in [6.07, 6.45) is 5.10. The van der Waals surface area contributed by atoms with Gasteiger partial charge in [0.05, 0.1) is 0 Å². The molecule has 0 saturated heterocycles. The lowest BCUT2D eigenvalue weighted by molar-refractivity contribution is 0.0924. The van der Waals surface area contributed by atoms with Gasteiger partial charge in [0.1, 0.15) is 11.2 Å². The molecule has 1 amide bonds. The zero-order chi connectivity index (χ0) is 15.2. The average Bonchev–Trinajstić information content (AvgIpc) is 3.18. The maximum atomic E-state index is 12.5. The number of rotatable bonds is 3. The average molecular weight is 313 g/mol. The number of H-pyrrole nitrogens is 1. The Morgan fingerprint density at radius 3 is 2.73 bits per heavy atom. The molecule has 2 aromatic heterocycles. The van der Waals surface area contributed by atoms with Gasteiger partial charge in [-0.05, 0) is 43.2 Å². The Balaban J connectivity index is 1.61. The summed E-state index contributed by atoms with van der Waals surface area (Å²) < 4.78 is 0. The summed E-state index contributed by atoms with van der Waals surface area (Å²) in [5.74, 6) is 0.514. The topological polar surface area (TPSA) is 70.7 Å². The molecule has 0 aliphatic heterocycles. The van der Waals surface area contributed by atoms with E-state index in [4.69, 9.17) is 11.6 Å². The van der Waals surface area contributed by atoms with Crippen molar-refractivity contribution in [3.63, 3.8) is 0 Å². The van der Waals surface area contributed by atoms with E-state index in [1.807, 2.05) is 12.1 Å². The molecular weight excluding hydrogens is 300 g/mol. The van der Waals surface area contributed by atoms with Gasteiger partial charge in [-0.2, -0.15) is 0 Å². The summed E-state index contributed by atoms with van der Waals surface area (Å²) >= 11 is 5.97. The van der Waals surface area contributed by atoms with Gasteiger partial charge in [0.2, 0.25) is 0 Å². The molecule has 4 rings (SSSR count). The van der Waals surface area contributed by atoms with Crippen molar-refractivity contribution < 1.29 is 4.79 Å². The lowest BCUT2D eigenvalue weighted by Crippen LogP contribution is -2.36. The minimum Gasteiger partial charge on any atom is -0.351 e. The first-order chi connectivity index (χ1) is 10.7. The molecular formula is C16H13ClN4O. The molecule has 110 valence electrons. The van der Waals surface area contributed by atoms with E-state index in [1.54, 1.807) is 30.6 Å². The number of aromatic nitrogens is 3. The van der Waals surface area contributed by atoms with Crippen LogP contribution in [0.1, 0.15) is 29.2 Å². The summed E-state index contributed by atoms with van der Waals surface area (Å²) in [5, 5.41) is 4.61. The van der Waals surface area contributed by atoms with Crippen LogP contribution in [-0.2, 0) is 5.54 Å². The van der Waals surface area contributed by atoms with E-state index in [0.717, 1.165) is 23.7 Å². The monoisotopic (exact) mass is 312 g/mol. The Morgan fingerprint density at radius 1 is 1.23 bits per heavy atom. The fraction of sp³-hybridized carbons (Fsp3) is 0.188. The molecule has 22 heavy (non-hydrogen) atoms. The molecule has 1 aromatic carbocycles. The number of carbonyl (C=O) groups is 1. The van der Waals surface area contributed by atoms with E-state index in [1.165, 1.54) is 0 Å². The van der Waals surface area contributed by atoms with Gasteiger partial charge in [-0.15, -0.1) is 0 Å². The second-order valence-corrected chi connectivity index (χ2v) is 5.96. The highest BCUT2D eigenvalue weighted by molar-refractivity contribution is 6.31. The number of carbonyl (C=O) groups excluding carboxylic acids is 1. The molecule has 2 heterocycles. The van der Waals surface area contributed by atoms with Crippen LogP contribution >= 0.6 is 11.6 Å². The van der Waals surface area contributed by atoms with Crippen molar-refractivity contribution in [1.82, 2.24) is 20.3 Å². The first-order valence-electron chi connectivity index (χ1n) is 7.05. The van der Waals surface area contributed by atoms with E-state index in [0.29, 0.717) is 16.5 Å². The maximum absolute atomic E-state index is 12.5. The van der Waals surface area contributed by atoms with Gasteiger partial charge < -0.3 is 10.3 Å². The standard InChI is InChI=1S/C16H13ClN4O/c17-11-2-3-12-10(8-11)9-13(20-12)14(22)21-16(4-5-16)15-18-6-1-7-19-15/h1-3,6-9,20H,4-5H2,(H,21,22). The van der Waals surface area contributed by atoms with Crippen LogP contribution in [0.4, 0.5) is 0 Å². The quantitative estimate of drug-likeness (QED) is 0.781. The predicted molar refractivity (Wildman–Crippen MR) is 83.7 cm³/mol. The van der Waals surface area contributed by atoms with Crippen LogP contribution < -0.4 is 5.32 Å². The summed E-state index contributed by atoms with van der Waals surface area (Å²) in [7, 11) is 0. The van der Waals surface area contributed by atoms with Crippen LogP contribution in [0.5, 0.6) is 0 Å². The highest BCUT2D eigenvalue weighted by atomic mass is 35.5. The first-order valence-corrected chi connectivity index (χ1v) is 7.42. The van der Waals surface area contributed by atoms with Gasteiger partial charge in [0.15, 0.2) is 5.82 Å². The smallest absolute Gasteiger partial charge is 0.268 e. The molecule has 0 unspecified atom stereocenters. The Hall–Kier alpha value is -2.40. The van der Waals surface area contributed by atoms with Crippen molar-refractivity contribution in [2.75, 3.05) is 0 Å². The number of hydrogen-bond acceptors (Lipinski definition) is 3. The number of amides is 1. The van der Waals surface area contributed by atoms with Crippen LogP contribution in [0.3, 0.4) is 0 Å². The predicted octanol–water partition coefficient (Wildman–Crippen LogP) is 3.03. The van der Waals surface area contributed by atoms with E-state index in [2.05, 4.69) is 20.3 Å². The zero-order valence-corrected chi connectivity index (χ0v) is 12.4. The van der Waals surface area contributed by atoms with Crippen LogP contribution in [0.15, 0.2) is 42.7 Å². The molecule has 1 aliphatic rings. The first kappa shape index (κ1) is 13.3. The van der Waals surface area contributed by atoms with Crippen LogP contribution in [0, 0.1) is 0 Å². The molecule has 0 spiro atoms. The number of halogens is 1. The molecule has 2 N–H and O–H groups in total. The van der Waals surface area contributed by atoms with E-state index in [9.17, 15) is 4.79 Å². The summed E-state index contributed by atoms with van der Waals surface area (Å²) in [6, 6.07) is 9.06. The lowest BCUT2D eigenvalue weighted by Gasteiger charge is -2.14. The van der Waals surface area contributed by atoms with Crippen molar-refractivity contribution in [3.05, 3.63) is 59.3 Å². The van der Waals surface area contributed by atoms with Gasteiger partial charge >= 0.3 is 0 Å². The molecule has 1 saturated carbocycles. The lowest BCUT2D eigenvalue weighted by atomic mass is 10.2. The fourth-order valence-corrected chi connectivity index (χ4v) is 2.77. The molecule has 0 radical (unpaired) electrons. The third kappa shape index (κ3) is 2.23.